The normalized spacial score (nSPS) is 13.7. The van der Waals surface area contributed by atoms with Gasteiger partial charge in [0.25, 0.3) is 5.91 Å². The van der Waals surface area contributed by atoms with E-state index in [9.17, 15) is 9.59 Å². The third kappa shape index (κ3) is 6.10. The first-order valence-corrected chi connectivity index (χ1v) is 9.67. The lowest BCUT2D eigenvalue weighted by Crippen LogP contribution is -2.37. The lowest BCUT2D eigenvalue weighted by molar-refractivity contribution is -0.149. The highest BCUT2D eigenvalue weighted by Gasteiger charge is 2.16. The zero-order chi connectivity index (χ0) is 20.6. The van der Waals surface area contributed by atoms with Crippen LogP contribution in [0.2, 0.25) is 5.02 Å². The maximum atomic E-state index is 12.2. The molecule has 0 saturated carbocycles. The van der Waals surface area contributed by atoms with E-state index in [-0.39, 0.29) is 13.2 Å². The van der Waals surface area contributed by atoms with Gasteiger partial charge in [-0.3, -0.25) is 4.79 Å². The molecular formula is C21H23ClN2O5. The molecule has 0 spiro atoms. The van der Waals surface area contributed by atoms with E-state index in [0.717, 1.165) is 24.3 Å². The summed E-state index contributed by atoms with van der Waals surface area (Å²) in [6.45, 7) is 3.96. The van der Waals surface area contributed by atoms with Gasteiger partial charge >= 0.3 is 5.97 Å². The van der Waals surface area contributed by atoms with Crippen LogP contribution in [-0.2, 0) is 19.1 Å². The number of amides is 1. The molecule has 1 aliphatic heterocycles. The van der Waals surface area contributed by atoms with Crippen molar-refractivity contribution in [2.24, 2.45) is 0 Å². The second kappa shape index (κ2) is 10.1. The summed E-state index contributed by atoms with van der Waals surface area (Å²) >= 11 is 5.95. The van der Waals surface area contributed by atoms with E-state index < -0.39 is 11.9 Å². The van der Waals surface area contributed by atoms with Gasteiger partial charge in [0.2, 0.25) is 0 Å². The van der Waals surface area contributed by atoms with Crippen molar-refractivity contribution in [3.63, 3.8) is 0 Å². The van der Waals surface area contributed by atoms with Crippen molar-refractivity contribution in [1.29, 1.82) is 0 Å². The van der Waals surface area contributed by atoms with Crippen molar-refractivity contribution < 1.29 is 23.8 Å². The van der Waals surface area contributed by atoms with E-state index in [2.05, 4.69) is 10.2 Å². The molecule has 2 aromatic carbocycles. The van der Waals surface area contributed by atoms with Crippen LogP contribution in [0.15, 0.2) is 42.5 Å². The van der Waals surface area contributed by atoms with Crippen molar-refractivity contribution >= 4 is 34.9 Å². The Bertz CT molecular complexity index is 868. The number of carbonyl (C=O) groups is 2. The van der Waals surface area contributed by atoms with Crippen molar-refractivity contribution in [1.82, 2.24) is 0 Å². The predicted molar refractivity (Wildman–Crippen MR) is 111 cm³/mol. The molecule has 0 bridgehead atoms. The largest absolute Gasteiger partial charge is 0.482 e. The van der Waals surface area contributed by atoms with Gasteiger partial charge in [-0.15, -0.1) is 0 Å². The van der Waals surface area contributed by atoms with Crippen LogP contribution in [0, 0.1) is 6.92 Å². The Balaban J connectivity index is 1.47. The topological polar surface area (TPSA) is 77.1 Å². The van der Waals surface area contributed by atoms with E-state index in [1.807, 2.05) is 31.2 Å². The summed E-state index contributed by atoms with van der Waals surface area (Å²) in [5.41, 5.74) is 2.43. The summed E-state index contributed by atoms with van der Waals surface area (Å²) in [5.74, 6) is -0.539. The van der Waals surface area contributed by atoms with E-state index in [1.165, 1.54) is 0 Å². The number of halogens is 1. The molecule has 1 saturated heterocycles. The Labute approximate surface area is 174 Å². The molecule has 154 valence electrons. The number of ether oxygens (including phenoxy) is 3. The first-order valence-electron chi connectivity index (χ1n) is 9.29. The Hall–Kier alpha value is -2.77. The van der Waals surface area contributed by atoms with Crippen LogP contribution in [0.1, 0.15) is 5.56 Å². The maximum absolute atomic E-state index is 12.2. The number of hydrogen-bond acceptors (Lipinski definition) is 6. The summed E-state index contributed by atoms with van der Waals surface area (Å²) in [7, 11) is 0. The highest BCUT2D eigenvalue weighted by Crippen LogP contribution is 2.26. The molecule has 7 nitrogen and oxygen atoms in total. The molecule has 1 N–H and O–H groups in total. The molecule has 29 heavy (non-hydrogen) atoms. The number of esters is 1. The third-order valence-corrected chi connectivity index (χ3v) is 4.80. The van der Waals surface area contributed by atoms with Gasteiger partial charge < -0.3 is 24.4 Å². The molecule has 0 atom stereocenters. The van der Waals surface area contributed by atoms with Gasteiger partial charge in [-0.05, 0) is 42.8 Å². The molecule has 1 aliphatic rings. The quantitative estimate of drug-likeness (QED) is 0.696. The maximum Gasteiger partial charge on any atom is 0.344 e. The number of nitrogens with one attached hydrogen (secondary N) is 1. The number of para-hydroxylation sites is 2. The summed E-state index contributed by atoms with van der Waals surface area (Å²) < 4.78 is 15.7. The molecular weight excluding hydrogens is 396 g/mol. The van der Waals surface area contributed by atoms with Crippen molar-refractivity contribution in [3.05, 3.63) is 53.1 Å². The smallest absolute Gasteiger partial charge is 0.344 e. The first-order chi connectivity index (χ1) is 14.0. The number of rotatable bonds is 7. The lowest BCUT2D eigenvalue weighted by Gasteiger charge is -2.30. The first kappa shape index (κ1) is 21.0. The number of benzene rings is 2. The number of hydrogen-bond donors (Lipinski definition) is 1. The zero-order valence-electron chi connectivity index (χ0n) is 16.2. The zero-order valence-corrected chi connectivity index (χ0v) is 16.9. The highest BCUT2D eigenvalue weighted by atomic mass is 35.5. The molecule has 0 unspecified atom stereocenters. The van der Waals surface area contributed by atoms with Gasteiger partial charge in [-0.25, -0.2) is 4.79 Å². The Kier molecular flexibility index (Phi) is 7.32. The van der Waals surface area contributed by atoms with Crippen LogP contribution in [0.5, 0.6) is 5.75 Å². The minimum atomic E-state index is -0.630. The Morgan fingerprint density at radius 2 is 1.90 bits per heavy atom. The fourth-order valence-electron chi connectivity index (χ4n) is 2.88. The van der Waals surface area contributed by atoms with Crippen LogP contribution >= 0.6 is 11.6 Å². The van der Waals surface area contributed by atoms with Crippen molar-refractivity contribution in [2.45, 2.75) is 6.92 Å². The van der Waals surface area contributed by atoms with Gasteiger partial charge in [-0.1, -0.05) is 23.7 Å². The molecule has 3 rings (SSSR count). The number of nitrogens with zero attached hydrogens (tertiary/aromatic N) is 1. The fourth-order valence-corrected chi connectivity index (χ4v) is 3.00. The fraction of sp³-hybridized carbons (Fsp3) is 0.333. The second-order valence-corrected chi connectivity index (χ2v) is 6.93. The second-order valence-electron chi connectivity index (χ2n) is 6.53. The summed E-state index contributed by atoms with van der Waals surface area (Å²) in [6.07, 6.45) is 0. The summed E-state index contributed by atoms with van der Waals surface area (Å²) in [4.78, 5) is 26.2. The molecule has 0 aliphatic carbocycles. The molecule has 2 aromatic rings. The van der Waals surface area contributed by atoms with E-state index in [0.29, 0.717) is 29.7 Å². The molecule has 0 aromatic heterocycles. The van der Waals surface area contributed by atoms with Gasteiger partial charge in [0.05, 0.1) is 24.6 Å². The van der Waals surface area contributed by atoms with Gasteiger partial charge in [0.1, 0.15) is 5.75 Å². The predicted octanol–water partition coefficient (Wildman–Crippen LogP) is 3.05. The summed E-state index contributed by atoms with van der Waals surface area (Å²) in [5, 5.41) is 3.42. The Morgan fingerprint density at radius 1 is 1.14 bits per heavy atom. The van der Waals surface area contributed by atoms with E-state index >= 15 is 0 Å². The molecule has 1 amide bonds. The lowest BCUT2D eigenvalue weighted by atomic mass is 10.2. The third-order valence-electron chi connectivity index (χ3n) is 4.38. The SMILES string of the molecule is Cc1cc(OCC(=O)OCC(=O)Nc2ccccc2N2CCOCC2)ccc1Cl. The molecule has 1 heterocycles. The highest BCUT2D eigenvalue weighted by molar-refractivity contribution is 6.31. The molecule has 0 radical (unpaired) electrons. The van der Waals surface area contributed by atoms with Crippen LogP contribution in [0.4, 0.5) is 11.4 Å². The van der Waals surface area contributed by atoms with Gasteiger partial charge in [0.15, 0.2) is 13.2 Å². The average molecular weight is 419 g/mol. The van der Waals surface area contributed by atoms with Crippen molar-refractivity contribution in [2.75, 3.05) is 49.7 Å². The number of aryl methyl sites for hydroxylation is 1. The average Bonchev–Trinajstić information content (AvgIpc) is 2.74. The Morgan fingerprint density at radius 3 is 2.66 bits per heavy atom. The number of morpholine rings is 1. The van der Waals surface area contributed by atoms with Crippen LogP contribution < -0.4 is 15.0 Å². The summed E-state index contributed by atoms with van der Waals surface area (Å²) in [6, 6.07) is 12.6. The van der Waals surface area contributed by atoms with E-state index in [4.69, 9.17) is 25.8 Å². The van der Waals surface area contributed by atoms with Gasteiger partial charge in [0, 0.05) is 18.1 Å². The van der Waals surface area contributed by atoms with Crippen LogP contribution in [-0.4, -0.2) is 51.4 Å². The monoisotopic (exact) mass is 418 g/mol. The molecule has 1 fully saturated rings. The number of carbonyl (C=O) groups excluding carboxylic acids is 2. The standard InChI is InChI=1S/C21H23ClN2O5/c1-15-12-16(6-7-17(15)22)28-14-21(26)29-13-20(25)23-18-4-2-3-5-19(18)24-8-10-27-11-9-24/h2-7,12H,8-11,13-14H2,1H3,(H,23,25). The van der Waals surface area contributed by atoms with Gasteiger partial charge in [-0.2, -0.15) is 0 Å². The minimum absolute atomic E-state index is 0.293. The minimum Gasteiger partial charge on any atom is -0.482 e. The van der Waals surface area contributed by atoms with Crippen molar-refractivity contribution in [3.8, 4) is 5.75 Å². The van der Waals surface area contributed by atoms with E-state index in [1.54, 1.807) is 18.2 Å². The van der Waals surface area contributed by atoms with Crippen LogP contribution in [0.3, 0.4) is 0 Å². The molecule has 8 heteroatoms. The number of anilines is 2. The van der Waals surface area contributed by atoms with Crippen LogP contribution in [0.25, 0.3) is 0 Å².